The highest BCUT2D eigenvalue weighted by molar-refractivity contribution is 7.89. The first-order chi connectivity index (χ1) is 10.4. The molecule has 0 aliphatic heterocycles. The molecule has 0 radical (unpaired) electrons. The van der Waals surface area contributed by atoms with Crippen molar-refractivity contribution in [1.82, 2.24) is 4.72 Å². The lowest BCUT2D eigenvalue weighted by molar-refractivity contribution is 0.457. The van der Waals surface area contributed by atoms with E-state index in [4.69, 9.17) is 23.2 Å². The second-order valence-corrected chi connectivity index (χ2v) is 7.67. The van der Waals surface area contributed by atoms with Crippen LogP contribution in [0.3, 0.4) is 0 Å². The Morgan fingerprint density at radius 1 is 1.18 bits per heavy atom. The van der Waals surface area contributed by atoms with Crippen molar-refractivity contribution in [3.8, 4) is 5.75 Å². The third kappa shape index (κ3) is 2.82. The van der Waals surface area contributed by atoms with Crippen LogP contribution in [0.15, 0.2) is 41.3 Å². The molecular formula is C15H13Cl2NO3S. The van der Waals surface area contributed by atoms with Crippen LogP contribution in [0.5, 0.6) is 5.75 Å². The molecule has 0 amide bonds. The maximum atomic E-state index is 12.5. The van der Waals surface area contributed by atoms with Crippen LogP contribution < -0.4 is 4.72 Å². The molecule has 0 fully saturated rings. The molecule has 0 saturated heterocycles. The van der Waals surface area contributed by atoms with E-state index in [1.165, 1.54) is 12.1 Å². The number of aromatic hydroxyl groups is 1. The van der Waals surface area contributed by atoms with Crippen molar-refractivity contribution in [1.29, 1.82) is 0 Å². The van der Waals surface area contributed by atoms with Gasteiger partial charge in [-0.05, 0) is 36.1 Å². The number of benzene rings is 2. The first kappa shape index (κ1) is 15.6. The fourth-order valence-corrected chi connectivity index (χ4v) is 4.68. The van der Waals surface area contributed by atoms with E-state index in [9.17, 15) is 13.5 Å². The molecule has 2 aromatic rings. The minimum Gasteiger partial charge on any atom is -0.505 e. The van der Waals surface area contributed by atoms with Gasteiger partial charge in [-0.25, -0.2) is 13.1 Å². The summed E-state index contributed by atoms with van der Waals surface area (Å²) < 4.78 is 27.7. The summed E-state index contributed by atoms with van der Waals surface area (Å²) in [5.41, 5.74) is 2.09. The highest BCUT2D eigenvalue weighted by Gasteiger charge is 2.29. The Hall–Kier alpha value is -1.27. The Bertz CT molecular complexity index is 837. The number of sulfonamides is 1. The Balaban J connectivity index is 1.96. The van der Waals surface area contributed by atoms with Crippen molar-refractivity contribution in [2.45, 2.75) is 23.8 Å². The zero-order valence-electron chi connectivity index (χ0n) is 11.4. The molecule has 116 valence electrons. The molecule has 0 saturated carbocycles. The van der Waals surface area contributed by atoms with Crippen molar-refractivity contribution in [3.05, 3.63) is 57.6 Å². The van der Waals surface area contributed by atoms with Gasteiger partial charge >= 0.3 is 0 Å². The summed E-state index contributed by atoms with van der Waals surface area (Å²) in [6.45, 7) is 0. The largest absolute Gasteiger partial charge is 0.505 e. The van der Waals surface area contributed by atoms with Gasteiger partial charge in [0.1, 0.15) is 4.90 Å². The van der Waals surface area contributed by atoms with E-state index in [0.29, 0.717) is 6.42 Å². The summed E-state index contributed by atoms with van der Waals surface area (Å²) in [6.07, 6.45) is 1.49. The molecule has 0 bridgehead atoms. The van der Waals surface area contributed by atoms with Gasteiger partial charge in [0.05, 0.1) is 5.02 Å². The van der Waals surface area contributed by atoms with Gasteiger partial charge in [-0.1, -0.05) is 47.5 Å². The molecular weight excluding hydrogens is 345 g/mol. The van der Waals surface area contributed by atoms with Gasteiger partial charge in [-0.2, -0.15) is 0 Å². The average molecular weight is 358 g/mol. The topological polar surface area (TPSA) is 66.4 Å². The van der Waals surface area contributed by atoms with Crippen molar-refractivity contribution in [2.75, 3.05) is 0 Å². The number of phenols is 1. The van der Waals surface area contributed by atoms with E-state index in [0.717, 1.165) is 17.5 Å². The molecule has 1 unspecified atom stereocenters. The minimum atomic E-state index is -3.93. The fraction of sp³-hybridized carbons (Fsp3) is 0.200. The molecule has 2 N–H and O–H groups in total. The van der Waals surface area contributed by atoms with E-state index in [2.05, 4.69) is 4.72 Å². The number of hydrogen-bond donors (Lipinski definition) is 2. The van der Waals surface area contributed by atoms with Gasteiger partial charge in [0.25, 0.3) is 0 Å². The highest BCUT2D eigenvalue weighted by Crippen LogP contribution is 2.36. The Morgan fingerprint density at radius 3 is 2.68 bits per heavy atom. The summed E-state index contributed by atoms with van der Waals surface area (Å²) in [5.74, 6) is -0.496. The predicted molar refractivity (Wildman–Crippen MR) is 86.0 cm³/mol. The van der Waals surface area contributed by atoms with Gasteiger partial charge < -0.3 is 5.11 Å². The van der Waals surface area contributed by atoms with Crippen LogP contribution in [0.2, 0.25) is 10.0 Å². The van der Waals surface area contributed by atoms with Crippen LogP contribution in [-0.2, 0) is 16.4 Å². The van der Waals surface area contributed by atoms with Crippen LogP contribution in [0.4, 0.5) is 0 Å². The van der Waals surface area contributed by atoms with Crippen LogP contribution in [-0.4, -0.2) is 13.5 Å². The Labute approximate surface area is 138 Å². The first-order valence-electron chi connectivity index (χ1n) is 6.66. The van der Waals surface area contributed by atoms with Crippen molar-refractivity contribution >= 4 is 33.2 Å². The minimum absolute atomic E-state index is 0.0975. The maximum absolute atomic E-state index is 12.5. The number of fused-ring (bicyclic) bond motifs is 1. The van der Waals surface area contributed by atoms with E-state index >= 15 is 0 Å². The van der Waals surface area contributed by atoms with Gasteiger partial charge in [-0.3, -0.25) is 0 Å². The zero-order chi connectivity index (χ0) is 15.9. The number of rotatable bonds is 3. The molecule has 1 aliphatic carbocycles. The van der Waals surface area contributed by atoms with Gasteiger partial charge in [0.15, 0.2) is 5.75 Å². The number of phenolic OH excluding ortho intramolecular Hbond substituents is 1. The third-order valence-corrected chi connectivity index (χ3v) is 5.70. The molecule has 1 atom stereocenters. The molecule has 0 heterocycles. The molecule has 1 aliphatic rings. The predicted octanol–water partition coefficient (Wildman–Crippen LogP) is 3.66. The molecule has 0 aromatic heterocycles. The van der Waals surface area contributed by atoms with E-state index < -0.39 is 15.8 Å². The van der Waals surface area contributed by atoms with E-state index in [-0.39, 0.29) is 21.0 Å². The molecule has 7 heteroatoms. The van der Waals surface area contributed by atoms with Crippen molar-refractivity contribution in [3.63, 3.8) is 0 Å². The molecule has 22 heavy (non-hydrogen) atoms. The maximum Gasteiger partial charge on any atom is 0.244 e. The third-order valence-electron chi connectivity index (χ3n) is 3.71. The fourth-order valence-electron chi connectivity index (χ4n) is 2.68. The zero-order valence-corrected chi connectivity index (χ0v) is 13.7. The smallest absolute Gasteiger partial charge is 0.244 e. The number of hydrogen-bond acceptors (Lipinski definition) is 3. The normalized spacial score (nSPS) is 17.5. The average Bonchev–Trinajstić information content (AvgIpc) is 2.85. The lowest BCUT2D eigenvalue weighted by Crippen LogP contribution is -2.27. The standard InChI is InChI=1S/C15H13Cl2NO3S/c16-10-7-12(17)15(19)14(8-10)22(20,21)18-13-6-5-9-3-1-2-4-11(9)13/h1-4,7-8,13,18-19H,5-6H2. The Morgan fingerprint density at radius 2 is 1.91 bits per heavy atom. The van der Waals surface area contributed by atoms with Gasteiger partial charge in [0.2, 0.25) is 10.0 Å². The molecule has 4 nitrogen and oxygen atoms in total. The van der Waals surface area contributed by atoms with Gasteiger partial charge in [0, 0.05) is 11.1 Å². The molecule has 3 rings (SSSR count). The van der Waals surface area contributed by atoms with Crippen LogP contribution in [0.1, 0.15) is 23.6 Å². The first-order valence-corrected chi connectivity index (χ1v) is 8.90. The lowest BCUT2D eigenvalue weighted by atomic mass is 10.1. The Kier molecular flexibility index (Phi) is 4.07. The highest BCUT2D eigenvalue weighted by atomic mass is 35.5. The summed E-state index contributed by atoms with van der Waals surface area (Å²) >= 11 is 11.6. The summed E-state index contributed by atoms with van der Waals surface area (Å²) in [4.78, 5) is -0.311. The quantitative estimate of drug-likeness (QED) is 0.880. The molecule has 0 spiro atoms. The number of nitrogens with one attached hydrogen (secondary N) is 1. The van der Waals surface area contributed by atoms with Crippen LogP contribution in [0, 0.1) is 0 Å². The molecule has 2 aromatic carbocycles. The van der Waals surface area contributed by atoms with E-state index in [1.807, 2.05) is 24.3 Å². The van der Waals surface area contributed by atoms with Gasteiger partial charge in [-0.15, -0.1) is 0 Å². The summed E-state index contributed by atoms with van der Waals surface area (Å²) in [6, 6.07) is 9.85. The van der Waals surface area contributed by atoms with Crippen LogP contribution >= 0.6 is 23.2 Å². The summed E-state index contributed by atoms with van der Waals surface area (Å²) in [7, 11) is -3.93. The monoisotopic (exact) mass is 357 g/mol. The van der Waals surface area contributed by atoms with Crippen molar-refractivity contribution < 1.29 is 13.5 Å². The van der Waals surface area contributed by atoms with Crippen molar-refractivity contribution in [2.24, 2.45) is 0 Å². The van der Waals surface area contributed by atoms with E-state index in [1.54, 1.807) is 0 Å². The van der Waals surface area contributed by atoms with Crippen LogP contribution in [0.25, 0.3) is 0 Å². The SMILES string of the molecule is O=S(=O)(NC1CCc2ccccc21)c1cc(Cl)cc(Cl)c1O. The second kappa shape index (κ2) is 5.74. The summed E-state index contributed by atoms with van der Waals surface area (Å²) in [5, 5.41) is 9.97. The number of aryl methyl sites for hydroxylation is 1. The number of halogens is 2. The lowest BCUT2D eigenvalue weighted by Gasteiger charge is -2.15. The second-order valence-electron chi connectivity index (χ2n) is 5.15.